The Hall–Kier alpha value is -1.85. The number of amides is 1. The SMILES string of the molecule is CCc1cc(C(=O)NC(CC(=O)O)C(C)C)n(CC)n1. The minimum atomic E-state index is -0.915. The number of hydrogen-bond acceptors (Lipinski definition) is 3. The lowest BCUT2D eigenvalue weighted by Crippen LogP contribution is -2.40. The summed E-state index contributed by atoms with van der Waals surface area (Å²) < 4.78 is 1.65. The molecule has 0 aliphatic carbocycles. The molecule has 0 fully saturated rings. The first-order valence-corrected chi connectivity index (χ1v) is 6.98. The van der Waals surface area contributed by atoms with E-state index >= 15 is 0 Å². The zero-order valence-corrected chi connectivity index (χ0v) is 12.5. The van der Waals surface area contributed by atoms with Crippen molar-refractivity contribution in [2.24, 2.45) is 5.92 Å². The average Bonchev–Trinajstić information content (AvgIpc) is 2.80. The summed E-state index contributed by atoms with van der Waals surface area (Å²) in [6.07, 6.45) is 0.681. The van der Waals surface area contributed by atoms with Gasteiger partial charge in [0.1, 0.15) is 5.69 Å². The highest BCUT2D eigenvalue weighted by atomic mass is 16.4. The summed E-state index contributed by atoms with van der Waals surface area (Å²) in [5.41, 5.74) is 1.34. The van der Waals surface area contributed by atoms with Gasteiger partial charge in [0.15, 0.2) is 0 Å². The third kappa shape index (κ3) is 4.08. The molecule has 0 aromatic carbocycles. The number of aryl methyl sites for hydroxylation is 2. The van der Waals surface area contributed by atoms with Gasteiger partial charge in [-0.15, -0.1) is 0 Å². The molecule has 2 N–H and O–H groups in total. The minimum Gasteiger partial charge on any atom is -0.481 e. The molecule has 1 aromatic heterocycles. The Balaban J connectivity index is 2.88. The number of hydrogen-bond donors (Lipinski definition) is 2. The van der Waals surface area contributed by atoms with Gasteiger partial charge >= 0.3 is 5.97 Å². The molecule has 0 bridgehead atoms. The Bertz CT molecular complexity index is 480. The van der Waals surface area contributed by atoms with Gasteiger partial charge in [0, 0.05) is 12.6 Å². The molecule has 112 valence electrons. The van der Waals surface area contributed by atoms with E-state index in [1.54, 1.807) is 10.7 Å². The quantitative estimate of drug-likeness (QED) is 0.796. The maximum absolute atomic E-state index is 12.3. The average molecular weight is 281 g/mol. The molecule has 6 nitrogen and oxygen atoms in total. The van der Waals surface area contributed by atoms with E-state index in [1.807, 2.05) is 27.7 Å². The summed E-state index contributed by atoms with van der Waals surface area (Å²) in [4.78, 5) is 23.1. The molecule has 6 heteroatoms. The highest BCUT2D eigenvalue weighted by Gasteiger charge is 2.22. The third-order valence-corrected chi connectivity index (χ3v) is 3.24. The van der Waals surface area contributed by atoms with Gasteiger partial charge in [0.05, 0.1) is 12.1 Å². The van der Waals surface area contributed by atoms with Crippen LogP contribution in [-0.4, -0.2) is 32.8 Å². The maximum Gasteiger partial charge on any atom is 0.305 e. The third-order valence-electron chi connectivity index (χ3n) is 3.24. The fraction of sp³-hybridized carbons (Fsp3) is 0.643. The van der Waals surface area contributed by atoms with E-state index in [-0.39, 0.29) is 24.3 Å². The van der Waals surface area contributed by atoms with Crippen molar-refractivity contribution in [3.8, 4) is 0 Å². The van der Waals surface area contributed by atoms with Crippen LogP contribution in [-0.2, 0) is 17.8 Å². The molecule has 20 heavy (non-hydrogen) atoms. The van der Waals surface area contributed by atoms with Crippen molar-refractivity contribution in [1.82, 2.24) is 15.1 Å². The number of carbonyl (C=O) groups is 2. The first-order valence-electron chi connectivity index (χ1n) is 6.98. The number of nitrogens with zero attached hydrogens (tertiary/aromatic N) is 2. The molecule has 0 saturated heterocycles. The van der Waals surface area contributed by atoms with Gasteiger partial charge in [-0.2, -0.15) is 5.10 Å². The monoisotopic (exact) mass is 281 g/mol. The van der Waals surface area contributed by atoms with Gasteiger partial charge in [-0.1, -0.05) is 20.8 Å². The summed E-state index contributed by atoms with van der Waals surface area (Å²) in [6.45, 7) is 8.28. The van der Waals surface area contributed by atoms with Gasteiger partial charge in [0.25, 0.3) is 5.91 Å². The van der Waals surface area contributed by atoms with Gasteiger partial charge < -0.3 is 10.4 Å². The van der Waals surface area contributed by atoms with Crippen LogP contribution in [0.1, 0.15) is 50.3 Å². The number of carboxylic acids is 1. The molecular weight excluding hydrogens is 258 g/mol. The van der Waals surface area contributed by atoms with Gasteiger partial charge in [-0.05, 0) is 25.3 Å². The predicted octanol–water partition coefficient (Wildman–Crippen LogP) is 1.69. The second-order valence-electron chi connectivity index (χ2n) is 5.11. The van der Waals surface area contributed by atoms with E-state index in [9.17, 15) is 9.59 Å². The van der Waals surface area contributed by atoms with Gasteiger partial charge in [-0.3, -0.25) is 14.3 Å². The number of carbonyl (C=O) groups excluding carboxylic acids is 1. The number of aliphatic carboxylic acids is 1. The van der Waals surface area contributed by atoms with Crippen molar-refractivity contribution >= 4 is 11.9 Å². The molecular formula is C14H23N3O3. The second kappa shape index (κ2) is 7.07. The van der Waals surface area contributed by atoms with Crippen LogP contribution in [0.5, 0.6) is 0 Å². The van der Waals surface area contributed by atoms with Crippen LogP contribution < -0.4 is 5.32 Å². The molecule has 1 atom stereocenters. The molecule has 1 heterocycles. The van der Waals surface area contributed by atoms with Crippen LogP contribution >= 0.6 is 0 Å². The van der Waals surface area contributed by atoms with Gasteiger partial charge in [-0.25, -0.2) is 0 Å². The first-order chi connectivity index (χ1) is 9.38. The molecule has 0 radical (unpaired) electrons. The Kier molecular flexibility index (Phi) is 5.73. The molecule has 1 unspecified atom stereocenters. The van der Waals surface area contributed by atoms with Crippen molar-refractivity contribution in [2.75, 3.05) is 0 Å². The van der Waals surface area contributed by atoms with Crippen molar-refractivity contribution in [3.63, 3.8) is 0 Å². The Morgan fingerprint density at radius 1 is 1.40 bits per heavy atom. The lowest BCUT2D eigenvalue weighted by molar-refractivity contribution is -0.137. The highest BCUT2D eigenvalue weighted by Crippen LogP contribution is 2.10. The van der Waals surface area contributed by atoms with Crippen molar-refractivity contribution in [1.29, 1.82) is 0 Å². The Morgan fingerprint density at radius 3 is 2.50 bits per heavy atom. The molecule has 1 rings (SSSR count). The first kappa shape index (κ1) is 16.2. The molecule has 0 spiro atoms. The molecule has 1 amide bonds. The standard InChI is InChI=1S/C14H23N3O3/c1-5-10-7-12(17(6-2)16-10)14(20)15-11(9(3)4)8-13(18)19/h7,9,11H,5-6,8H2,1-4H3,(H,15,20)(H,18,19). The Labute approximate surface area is 119 Å². The van der Waals surface area contributed by atoms with Crippen molar-refractivity contribution < 1.29 is 14.7 Å². The van der Waals surface area contributed by atoms with E-state index in [4.69, 9.17) is 5.11 Å². The van der Waals surface area contributed by atoms with Crippen LogP contribution in [0.3, 0.4) is 0 Å². The fourth-order valence-electron chi connectivity index (χ4n) is 1.95. The molecule has 0 saturated carbocycles. The summed E-state index contributed by atoms with van der Waals surface area (Å²) in [5.74, 6) is -1.13. The van der Waals surface area contributed by atoms with Crippen LogP contribution in [0, 0.1) is 5.92 Å². The molecule has 0 aliphatic rings. The van der Waals surface area contributed by atoms with E-state index < -0.39 is 5.97 Å². The smallest absolute Gasteiger partial charge is 0.305 e. The van der Waals surface area contributed by atoms with Crippen molar-refractivity contribution in [2.45, 2.75) is 53.1 Å². The number of rotatable bonds is 7. The maximum atomic E-state index is 12.3. The number of carboxylic acid groups (broad SMARTS) is 1. The van der Waals surface area contributed by atoms with E-state index in [0.29, 0.717) is 12.2 Å². The lowest BCUT2D eigenvalue weighted by Gasteiger charge is -2.20. The van der Waals surface area contributed by atoms with E-state index in [2.05, 4.69) is 10.4 Å². The van der Waals surface area contributed by atoms with Crippen molar-refractivity contribution in [3.05, 3.63) is 17.5 Å². The zero-order chi connectivity index (χ0) is 15.3. The summed E-state index contributed by atoms with van der Waals surface area (Å²) in [6, 6.07) is 1.38. The minimum absolute atomic E-state index is 0.0543. The van der Waals surface area contributed by atoms with E-state index in [0.717, 1.165) is 12.1 Å². The highest BCUT2D eigenvalue weighted by molar-refractivity contribution is 5.93. The topological polar surface area (TPSA) is 84.2 Å². The van der Waals surface area contributed by atoms with Gasteiger partial charge in [0.2, 0.25) is 0 Å². The van der Waals surface area contributed by atoms with Crippen LogP contribution in [0.25, 0.3) is 0 Å². The molecule has 1 aromatic rings. The van der Waals surface area contributed by atoms with E-state index in [1.165, 1.54) is 0 Å². The normalized spacial score (nSPS) is 12.4. The number of aromatic nitrogens is 2. The van der Waals surface area contributed by atoms with Crippen LogP contribution in [0.2, 0.25) is 0 Å². The van der Waals surface area contributed by atoms with Crippen LogP contribution in [0.15, 0.2) is 6.07 Å². The Morgan fingerprint density at radius 2 is 2.05 bits per heavy atom. The second-order valence-corrected chi connectivity index (χ2v) is 5.11. The lowest BCUT2D eigenvalue weighted by atomic mass is 10.0. The molecule has 0 aliphatic heterocycles. The fourth-order valence-corrected chi connectivity index (χ4v) is 1.95. The summed E-state index contributed by atoms with van der Waals surface area (Å²) >= 11 is 0. The zero-order valence-electron chi connectivity index (χ0n) is 12.5. The summed E-state index contributed by atoms with van der Waals surface area (Å²) in [7, 11) is 0. The summed E-state index contributed by atoms with van der Waals surface area (Å²) in [5, 5.41) is 16.0. The predicted molar refractivity (Wildman–Crippen MR) is 75.6 cm³/mol. The van der Waals surface area contributed by atoms with Crippen LogP contribution in [0.4, 0.5) is 0 Å². The number of nitrogens with one attached hydrogen (secondary N) is 1. The largest absolute Gasteiger partial charge is 0.481 e.